The molecule has 0 aliphatic carbocycles. The lowest BCUT2D eigenvalue weighted by atomic mass is 10.2. The van der Waals surface area contributed by atoms with Crippen LogP contribution in [0.4, 0.5) is 0 Å². The molecule has 60 heavy (non-hydrogen) atoms. The van der Waals surface area contributed by atoms with E-state index >= 15 is 0 Å². The molecule has 0 aromatic carbocycles. The normalized spacial score (nSPS) is 14.7. The van der Waals surface area contributed by atoms with E-state index < -0.39 is 32.5 Å². The first-order valence-corrected chi connectivity index (χ1v) is 23.8. The van der Waals surface area contributed by atoms with Crippen LogP contribution in [0.5, 0.6) is 0 Å². The van der Waals surface area contributed by atoms with Gasteiger partial charge in [0.25, 0.3) is 0 Å². The molecule has 0 rings (SSSR count). The maximum absolute atomic E-state index is 12.7. The fraction of sp³-hybridized carbons (Fsp3) is 0.560. The molecule has 1 unspecified atom stereocenters. The molecular formula is C50H81NO8P+. The lowest BCUT2D eigenvalue weighted by Crippen LogP contribution is -2.37. The molecule has 0 aromatic rings. The van der Waals surface area contributed by atoms with Gasteiger partial charge in [-0.05, 0) is 89.9 Å². The highest BCUT2D eigenvalue weighted by Gasteiger charge is 2.27. The fourth-order valence-corrected chi connectivity index (χ4v) is 5.77. The number of unbranched alkanes of at least 4 members (excludes halogenated alkanes) is 4. The highest BCUT2D eigenvalue weighted by Crippen LogP contribution is 2.43. The number of rotatable bonds is 38. The van der Waals surface area contributed by atoms with Gasteiger partial charge in [-0.2, -0.15) is 0 Å². The highest BCUT2D eigenvalue weighted by atomic mass is 31.2. The summed E-state index contributed by atoms with van der Waals surface area (Å²) < 4.78 is 34.1. The molecule has 0 heterocycles. The number of hydrogen-bond donors (Lipinski definition) is 1. The van der Waals surface area contributed by atoms with E-state index in [0.29, 0.717) is 23.9 Å². The Morgan fingerprint density at radius 3 is 1.42 bits per heavy atom. The van der Waals surface area contributed by atoms with Gasteiger partial charge in [-0.3, -0.25) is 18.6 Å². The van der Waals surface area contributed by atoms with E-state index in [1.165, 1.54) is 25.7 Å². The van der Waals surface area contributed by atoms with E-state index in [1.54, 1.807) is 0 Å². The van der Waals surface area contributed by atoms with E-state index in [1.807, 2.05) is 39.4 Å². The molecule has 0 aliphatic rings. The van der Waals surface area contributed by atoms with Crippen LogP contribution in [0, 0.1) is 0 Å². The Morgan fingerprint density at radius 2 is 0.967 bits per heavy atom. The number of carbonyl (C=O) groups excluding carboxylic acids is 2. The molecule has 0 bridgehead atoms. The van der Waals surface area contributed by atoms with E-state index in [9.17, 15) is 19.0 Å². The standard InChI is InChI=1S/C50H80NO8P/c1-6-8-10-12-14-16-18-20-22-24-25-27-29-31-33-35-37-39-41-43-50(53)59-48(47-58-60(54,55)57-45-44-51(3,4)5)46-56-49(52)42-40-38-36-34-32-30-28-26-23-21-19-17-15-13-11-9-7-2/h8,10,14-17,20-23,25,27-28,30-31,33-34,36-37,39,48H,6-7,9,11-13,18-19,24,26,29,32,35,38,40-47H2,1-5H3/p+1/b10-8+,16-14+,17-15+,22-20+,23-21+,27-25+,30-28+,33-31+,36-34+,39-37+/t48-/m1/s1. The predicted molar refractivity (Wildman–Crippen MR) is 251 cm³/mol. The molecule has 338 valence electrons. The number of carbonyl (C=O) groups is 2. The number of likely N-dealkylation sites (N-methyl/N-ethyl adjacent to an activating group) is 1. The largest absolute Gasteiger partial charge is 0.472 e. The van der Waals surface area contributed by atoms with Crippen molar-refractivity contribution in [2.75, 3.05) is 47.5 Å². The molecule has 0 aliphatic heterocycles. The van der Waals surface area contributed by atoms with Gasteiger partial charge in [-0.15, -0.1) is 0 Å². The summed E-state index contributed by atoms with van der Waals surface area (Å²) in [5.74, 6) is -0.977. The topological polar surface area (TPSA) is 108 Å². The molecular weight excluding hydrogens is 774 g/mol. The molecule has 2 atom stereocenters. The van der Waals surface area contributed by atoms with Gasteiger partial charge in [0, 0.05) is 12.8 Å². The van der Waals surface area contributed by atoms with E-state index in [4.69, 9.17) is 18.5 Å². The van der Waals surface area contributed by atoms with Crippen LogP contribution in [-0.2, 0) is 32.7 Å². The smallest absolute Gasteiger partial charge is 0.462 e. The van der Waals surface area contributed by atoms with Crippen LogP contribution in [0.15, 0.2) is 122 Å². The molecule has 0 spiro atoms. The average molecular weight is 855 g/mol. The van der Waals surface area contributed by atoms with Crippen LogP contribution in [0.25, 0.3) is 0 Å². The number of phosphoric ester groups is 1. The van der Waals surface area contributed by atoms with Crippen LogP contribution >= 0.6 is 7.82 Å². The van der Waals surface area contributed by atoms with Gasteiger partial charge < -0.3 is 18.9 Å². The number of hydrogen-bond acceptors (Lipinski definition) is 7. The fourth-order valence-electron chi connectivity index (χ4n) is 5.03. The maximum atomic E-state index is 12.7. The summed E-state index contributed by atoms with van der Waals surface area (Å²) in [5, 5.41) is 0. The zero-order valence-electron chi connectivity index (χ0n) is 37.9. The van der Waals surface area contributed by atoms with Crippen molar-refractivity contribution in [2.45, 2.75) is 136 Å². The van der Waals surface area contributed by atoms with E-state index in [0.717, 1.165) is 64.2 Å². The summed E-state index contributed by atoms with van der Waals surface area (Å²) in [6.45, 7) is 4.09. The lowest BCUT2D eigenvalue weighted by Gasteiger charge is -2.24. The Bertz CT molecular complexity index is 1430. The molecule has 0 saturated carbocycles. The number of nitrogens with zero attached hydrogens (tertiary/aromatic N) is 1. The molecule has 0 amide bonds. The van der Waals surface area contributed by atoms with Crippen LogP contribution in [-0.4, -0.2) is 74.9 Å². The molecule has 0 saturated heterocycles. The molecule has 10 heteroatoms. The van der Waals surface area contributed by atoms with Crippen LogP contribution in [0.1, 0.15) is 129 Å². The summed E-state index contributed by atoms with van der Waals surface area (Å²) in [6.07, 6.45) is 57.0. The zero-order chi connectivity index (χ0) is 44.3. The summed E-state index contributed by atoms with van der Waals surface area (Å²) in [6, 6.07) is 0. The monoisotopic (exact) mass is 855 g/mol. The molecule has 0 fully saturated rings. The second kappa shape index (κ2) is 40.8. The third-order valence-corrected chi connectivity index (χ3v) is 9.47. The van der Waals surface area contributed by atoms with Crippen LogP contribution in [0.3, 0.4) is 0 Å². The quantitative estimate of drug-likeness (QED) is 0.0215. The van der Waals surface area contributed by atoms with Crippen molar-refractivity contribution in [3.05, 3.63) is 122 Å². The first kappa shape index (κ1) is 56.4. The Kier molecular flexibility index (Phi) is 38.4. The van der Waals surface area contributed by atoms with Crippen molar-refractivity contribution < 1.29 is 42.1 Å². The minimum absolute atomic E-state index is 0.00210. The zero-order valence-corrected chi connectivity index (χ0v) is 38.8. The molecule has 0 aromatic heterocycles. The summed E-state index contributed by atoms with van der Waals surface area (Å²) in [4.78, 5) is 35.3. The first-order chi connectivity index (χ1) is 29.0. The Morgan fingerprint density at radius 1 is 0.533 bits per heavy atom. The second-order valence-electron chi connectivity index (χ2n) is 15.3. The predicted octanol–water partition coefficient (Wildman–Crippen LogP) is 12.9. The van der Waals surface area contributed by atoms with Gasteiger partial charge >= 0.3 is 19.8 Å². The Hall–Kier alpha value is -3.59. The minimum Gasteiger partial charge on any atom is -0.462 e. The minimum atomic E-state index is -4.42. The summed E-state index contributed by atoms with van der Waals surface area (Å²) in [7, 11) is 1.38. The number of esters is 2. The third-order valence-electron chi connectivity index (χ3n) is 8.49. The van der Waals surface area contributed by atoms with Gasteiger partial charge in [-0.1, -0.05) is 148 Å². The lowest BCUT2D eigenvalue weighted by molar-refractivity contribution is -0.870. The third kappa shape index (κ3) is 44.0. The Balaban J connectivity index is 4.61. The van der Waals surface area contributed by atoms with Gasteiger partial charge in [0.15, 0.2) is 6.10 Å². The van der Waals surface area contributed by atoms with Crippen molar-refractivity contribution in [3.63, 3.8) is 0 Å². The molecule has 9 nitrogen and oxygen atoms in total. The van der Waals surface area contributed by atoms with Crippen LogP contribution in [0.2, 0.25) is 0 Å². The number of allylic oxidation sites excluding steroid dienone is 20. The van der Waals surface area contributed by atoms with E-state index in [-0.39, 0.29) is 26.1 Å². The van der Waals surface area contributed by atoms with Crippen molar-refractivity contribution in [1.29, 1.82) is 0 Å². The number of ether oxygens (including phenoxy) is 2. The SMILES string of the molecule is CC/C=C/C/C=C/C/C=C/C/C=C/C/C=C/C/C=C/CCC(=O)O[C@H](COC(=O)CCC/C=C/C/C=C/C/C=C/C/C=C/CCCCC)COP(=O)(O)OCC[N+](C)(C)C. The van der Waals surface area contributed by atoms with Crippen molar-refractivity contribution in [1.82, 2.24) is 0 Å². The number of phosphoric acid groups is 1. The summed E-state index contributed by atoms with van der Waals surface area (Å²) in [5.41, 5.74) is 0. The van der Waals surface area contributed by atoms with E-state index in [2.05, 4.69) is 117 Å². The maximum Gasteiger partial charge on any atom is 0.472 e. The first-order valence-electron chi connectivity index (χ1n) is 22.3. The summed E-state index contributed by atoms with van der Waals surface area (Å²) >= 11 is 0. The molecule has 0 radical (unpaired) electrons. The molecule has 1 N–H and O–H groups in total. The van der Waals surface area contributed by atoms with Crippen molar-refractivity contribution >= 4 is 19.8 Å². The van der Waals surface area contributed by atoms with Gasteiger partial charge in [0.05, 0.1) is 27.7 Å². The van der Waals surface area contributed by atoms with Gasteiger partial charge in [-0.25, -0.2) is 4.57 Å². The second-order valence-corrected chi connectivity index (χ2v) is 16.8. The van der Waals surface area contributed by atoms with Crippen LogP contribution < -0.4 is 0 Å². The van der Waals surface area contributed by atoms with Crippen molar-refractivity contribution in [3.8, 4) is 0 Å². The van der Waals surface area contributed by atoms with Crippen molar-refractivity contribution in [2.24, 2.45) is 0 Å². The Labute approximate surface area is 365 Å². The number of quaternary nitrogens is 1. The highest BCUT2D eigenvalue weighted by molar-refractivity contribution is 7.47. The van der Waals surface area contributed by atoms with Gasteiger partial charge in [0.1, 0.15) is 19.8 Å². The van der Waals surface area contributed by atoms with Gasteiger partial charge in [0.2, 0.25) is 0 Å². The average Bonchev–Trinajstić information content (AvgIpc) is 3.20.